The maximum Gasteiger partial charge on any atom is 0.425 e. The molecule has 1 aliphatic rings. The topological polar surface area (TPSA) is 66.9 Å². The molecule has 2 rings (SSSR count). The Balaban J connectivity index is 2.38. The number of nitrogens with two attached hydrogens (primary N) is 1. The number of halogens is 8. The summed E-state index contributed by atoms with van der Waals surface area (Å²) in [6.07, 6.45) is -13.3. The molecule has 1 atom stereocenters. The molecule has 6 nitrogen and oxygen atoms in total. The summed E-state index contributed by atoms with van der Waals surface area (Å²) in [7, 11) is 1.48. The van der Waals surface area contributed by atoms with E-state index in [0.717, 1.165) is 4.90 Å². The third-order valence-corrected chi connectivity index (χ3v) is 4.11. The van der Waals surface area contributed by atoms with Gasteiger partial charge in [0.15, 0.2) is 17.7 Å². The molecule has 0 bridgehead atoms. The number of nitrogens with zero attached hydrogens (tertiary/aromatic N) is 3. The van der Waals surface area contributed by atoms with E-state index in [1.54, 1.807) is 0 Å². The zero-order valence-electron chi connectivity index (χ0n) is 15.5. The zero-order chi connectivity index (χ0) is 22.0. The number of alkyl halides is 8. The Hall–Kier alpha value is -2.12. The lowest BCUT2D eigenvalue weighted by Crippen LogP contribution is -2.73. The van der Waals surface area contributed by atoms with Gasteiger partial charge in [-0.1, -0.05) is 0 Å². The number of ether oxygens (including phenoxy) is 1. The first-order valence-corrected chi connectivity index (χ1v) is 8.60. The van der Waals surface area contributed by atoms with E-state index in [4.69, 9.17) is 0 Å². The van der Waals surface area contributed by atoms with Crippen LogP contribution >= 0.6 is 0 Å². The summed E-state index contributed by atoms with van der Waals surface area (Å²) in [5.41, 5.74) is 0.0943. The van der Waals surface area contributed by atoms with Gasteiger partial charge in [0, 0.05) is 19.5 Å². The van der Waals surface area contributed by atoms with E-state index < -0.39 is 56.3 Å². The SMILES string of the molecule is C[NH2+]c1c(NCCC(F)(F)F)nc(OC(C)C(F)(F)F)nc1N1CCC(F)(F)C1. The summed E-state index contributed by atoms with van der Waals surface area (Å²) in [6, 6.07) is -0.778. The molecular weight excluding hydrogens is 418 g/mol. The summed E-state index contributed by atoms with van der Waals surface area (Å²) in [5.74, 6) is -3.40. The second kappa shape index (κ2) is 8.32. The Kier molecular flexibility index (Phi) is 6.65. The van der Waals surface area contributed by atoms with Crippen LogP contribution in [0.2, 0.25) is 0 Å². The highest BCUT2D eigenvalue weighted by Gasteiger charge is 2.42. The van der Waals surface area contributed by atoms with Crippen molar-refractivity contribution < 1.29 is 45.2 Å². The molecule has 14 heteroatoms. The third-order valence-electron chi connectivity index (χ3n) is 4.11. The Labute approximate surface area is 160 Å². The number of nitrogens with one attached hydrogen (secondary N) is 1. The zero-order valence-corrected chi connectivity index (χ0v) is 15.5. The molecule has 1 fully saturated rings. The third kappa shape index (κ3) is 6.44. The summed E-state index contributed by atoms with van der Waals surface area (Å²) in [6.45, 7) is -0.795. The molecule has 166 valence electrons. The van der Waals surface area contributed by atoms with Crippen LogP contribution in [0.1, 0.15) is 19.8 Å². The number of rotatable bonds is 7. The van der Waals surface area contributed by atoms with Crippen molar-refractivity contribution in [1.82, 2.24) is 9.97 Å². The Bertz CT molecular complexity index is 709. The Morgan fingerprint density at radius 3 is 2.34 bits per heavy atom. The van der Waals surface area contributed by atoms with Gasteiger partial charge in [-0.05, 0) is 6.92 Å². The molecule has 29 heavy (non-hydrogen) atoms. The van der Waals surface area contributed by atoms with Gasteiger partial charge in [0.2, 0.25) is 5.69 Å². The second-order valence-corrected chi connectivity index (χ2v) is 6.50. The molecule has 0 aromatic carbocycles. The number of quaternary nitrogens is 1. The monoisotopic (exact) mass is 438 g/mol. The van der Waals surface area contributed by atoms with Gasteiger partial charge in [0.05, 0.1) is 20.0 Å². The normalized spacial score (nSPS) is 18.1. The van der Waals surface area contributed by atoms with Crippen molar-refractivity contribution in [3.8, 4) is 6.01 Å². The van der Waals surface area contributed by atoms with Crippen LogP contribution < -0.4 is 20.3 Å². The maximum atomic E-state index is 13.6. The largest absolute Gasteiger partial charge is 0.451 e. The van der Waals surface area contributed by atoms with E-state index in [9.17, 15) is 35.1 Å². The average Bonchev–Trinajstić information content (AvgIpc) is 2.92. The standard InChI is InChI=1S/C15H19F8N5O/c1-8(15(21,22)23)29-12-26-10(25-5-3-14(18,19)20)9(24-2)11(27-12)28-6-4-13(16,17)7-28/h8,24H,3-7H2,1-2H3,(H,25,26,27)/p+1. The molecule has 0 spiro atoms. The molecule has 2 heterocycles. The van der Waals surface area contributed by atoms with Gasteiger partial charge in [0.1, 0.15) is 0 Å². The van der Waals surface area contributed by atoms with E-state index in [2.05, 4.69) is 20.0 Å². The summed E-state index contributed by atoms with van der Waals surface area (Å²) >= 11 is 0. The van der Waals surface area contributed by atoms with Crippen LogP contribution in [0.5, 0.6) is 6.01 Å². The van der Waals surface area contributed by atoms with Crippen LogP contribution in [0.25, 0.3) is 0 Å². The van der Waals surface area contributed by atoms with E-state index in [1.165, 1.54) is 12.4 Å². The molecule has 1 unspecified atom stereocenters. The molecule has 1 aromatic rings. The highest BCUT2D eigenvalue weighted by molar-refractivity contribution is 5.71. The number of anilines is 2. The first kappa shape index (κ1) is 23.2. The van der Waals surface area contributed by atoms with Gasteiger partial charge in [-0.15, -0.1) is 0 Å². The molecule has 3 N–H and O–H groups in total. The first-order valence-electron chi connectivity index (χ1n) is 8.60. The molecule has 0 saturated carbocycles. The summed E-state index contributed by atoms with van der Waals surface area (Å²) < 4.78 is 107. The van der Waals surface area contributed by atoms with Crippen molar-refractivity contribution in [3.63, 3.8) is 0 Å². The predicted octanol–water partition coefficient (Wildman–Crippen LogP) is 2.84. The van der Waals surface area contributed by atoms with Crippen LogP contribution in [-0.4, -0.2) is 61.0 Å². The molecule has 1 saturated heterocycles. The fraction of sp³-hybridized carbons (Fsp3) is 0.733. The lowest BCUT2D eigenvalue weighted by Gasteiger charge is -2.22. The van der Waals surface area contributed by atoms with Crippen LogP contribution in [0.3, 0.4) is 0 Å². The lowest BCUT2D eigenvalue weighted by molar-refractivity contribution is -0.538. The number of aromatic nitrogens is 2. The minimum atomic E-state index is -4.75. The summed E-state index contributed by atoms with van der Waals surface area (Å²) in [5, 5.41) is 3.75. The van der Waals surface area contributed by atoms with Crippen molar-refractivity contribution in [2.75, 3.05) is 36.9 Å². The van der Waals surface area contributed by atoms with Gasteiger partial charge < -0.3 is 20.3 Å². The van der Waals surface area contributed by atoms with E-state index >= 15 is 0 Å². The van der Waals surface area contributed by atoms with Crippen molar-refractivity contribution in [1.29, 1.82) is 0 Å². The van der Waals surface area contributed by atoms with Crippen LogP contribution in [-0.2, 0) is 0 Å². The van der Waals surface area contributed by atoms with Gasteiger partial charge in [-0.3, -0.25) is 0 Å². The minimum absolute atomic E-state index is 0.0943. The first-order chi connectivity index (χ1) is 13.2. The van der Waals surface area contributed by atoms with Crippen LogP contribution in [0.4, 0.5) is 52.4 Å². The van der Waals surface area contributed by atoms with Crippen molar-refractivity contribution in [3.05, 3.63) is 0 Å². The van der Waals surface area contributed by atoms with Crippen LogP contribution in [0.15, 0.2) is 0 Å². The molecule has 0 radical (unpaired) electrons. The highest BCUT2D eigenvalue weighted by atomic mass is 19.4. The van der Waals surface area contributed by atoms with Gasteiger partial charge >= 0.3 is 18.4 Å². The van der Waals surface area contributed by atoms with Crippen molar-refractivity contribution in [2.24, 2.45) is 0 Å². The number of hydrogen-bond donors (Lipinski definition) is 2. The fourth-order valence-electron chi connectivity index (χ4n) is 2.60. The van der Waals surface area contributed by atoms with Crippen molar-refractivity contribution in [2.45, 2.75) is 44.1 Å². The van der Waals surface area contributed by atoms with Crippen molar-refractivity contribution >= 4 is 17.3 Å². The highest BCUT2D eigenvalue weighted by Crippen LogP contribution is 2.36. The maximum absolute atomic E-state index is 13.6. The smallest absolute Gasteiger partial charge is 0.425 e. The molecule has 0 amide bonds. The quantitative estimate of drug-likeness (QED) is 0.641. The Morgan fingerprint density at radius 2 is 1.86 bits per heavy atom. The van der Waals surface area contributed by atoms with E-state index in [0.29, 0.717) is 6.92 Å². The van der Waals surface area contributed by atoms with Crippen LogP contribution in [0, 0.1) is 0 Å². The fourth-order valence-corrected chi connectivity index (χ4v) is 2.60. The van der Waals surface area contributed by atoms with Gasteiger partial charge in [0.25, 0.3) is 5.92 Å². The number of hydrogen-bond acceptors (Lipinski definition) is 5. The predicted molar refractivity (Wildman–Crippen MR) is 86.6 cm³/mol. The Morgan fingerprint density at radius 1 is 1.21 bits per heavy atom. The minimum Gasteiger partial charge on any atom is -0.451 e. The summed E-state index contributed by atoms with van der Waals surface area (Å²) in [4.78, 5) is 8.69. The molecular formula is C15H20F8N5O+. The average molecular weight is 438 g/mol. The van der Waals surface area contributed by atoms with Gasteiger partial charge in [-0.25, -0.2) is 8.78 Å². The lowest BCUT2D eigenvalue weighted by atomic mass is 10.3. The van der Waals surface area contributed by atoms with E-state index in [-0.39, 0.29) is 23.9 Å². The molecule has 1 aliphatic heterocycles. The molecule has 1 aromatic heterocycles. The molecule has 0 aliphatic carbocycles. The van der Waals surface area contributed by atoms with E-state index in [1.807, 2.05) is 0 Å². The van der Waals surface area contributed by atoms with Gasteiger partial charge in [-0.2, -0.15) is 36.3 Å². The second-order valence-electron chi connectivity index (χ2n) is 6.50.